The van der Waals surface area contributed by atoms with Crippen molar-refractivity contribution >= 4 is 34.0 Å². The molecule has 0 aromatic heterocycles. The Kier molecular flexibility index (Phi) is 5.40. The quantitative estimate of drug-likeness (QED) is 0.651. The molecule has 3 aromatic carbocycles. The molecule has 1 saturated heterocycles. The minimum absolute atomic E-state index is 0.0171. The van der Waals surface area contributed by atoms with Crippen molar-refractivity contribution in [3.8, 4) is 5.75 Å². The van der Waals surface area contributed by atoms with E-state index in [1.165, 1.54) is 11.3 Å². The molecule has 1 aliphatic rings. The summed E-state index contributed by atoms with van der Waals surface area (Å²) in [6.07, 6.45) is 0. The second-order valence-corrected chi connectivity index (χ2v) is 7.44. The van der Waals surface area contributed by atoms with E-state index in [0.717, 1.165) is 23.9 Å². The molecule has 0 saturated carbocycles. The molecule has 0 spiro atoms. The van der Waals surface area contributed by atoms with Gasteiger partial charge in [-0.1, -0.05) is 54.1 Å². The van der Waals surface area contributed by atoms with Gasteiger partial charge in [0.2, 0.25) is 0 Å². The summed E-state index contributed by atoms with van der Waals surface area (Å²) in [7, 11) is 0. The summed E-state index contributed by atoms with van der Waals surface area (Å²) in [5.74, 6) is 0.704. The third-order valence-corrected chi connectivity index (χ3v) is 5.60. The first-order chi connectivity index (χ1) is 13.6. The number of hydrogen-bond acceptors (Lipinski definition) is 3. The van der Waals surface area contributed by atoms with Crippen molar-refractivity contribution in [1.29, 1.82) is 0 Å². The molecule has 1 amide bonds. The van der Waals surface area contributed by atoms with Crippen molar-refractivity contribution in [1.82, 2.24) is 4.90 Å². The lowest BCUT2D eigenvalue weighted by Gasteiger charge is -2.36. The van der Waals surface area contributed by atoms with Crippen molar-refractivity contribution < 1.29 is 9.53 Å². The van der Waals surface area contributed by atoms with Crippen LogP contribution in [-0.4, -0.2) is 43.6 Å². The Bertz CT molecular complexity index is 997. The summed E-state index contributed by atoms with van der Waals surface area (Å²) in [6.45, 7) is 5.24. The molecule has 0 atom stereocenters. The van der Waals surface area contributed by atoms with Gasteiger partial charge in [-0.3, -0.25) is 4.79 Å². The van der Waals surface area contributed by atoms with Crippen molar-refractivity contribution in [3.63, 3.8) is 0 Å². The minimum Gasteiger partial charge on any atom is -0.483 e. The van der Waals surface area contributed by atoms with E-state index in [1.54, 1.807) is 0 Å². The maximum atomic E-state index is 12.6. The lowest BCUT2D eigenvalue weighted by molar-refractivity contribution is -0.133. The number of hydrogen-bond donors (Lipinski definition) is 0. The molecule has 3 aromatic rings. The standard InChI is InChI=1S/C23H23ClN2O2/c1-17-6-2-5-9-21(17)25-12-14-26(15-13-25)23(27)16-28-22-11-10-20(24)18-7-3-4-8-19(18)22/h2-11H,12-16H2,1H3. The number of benzene rings is 3. The number of piperazine rings is 1. The molecule has 1 heterocycles. The summed E-state index contributed by atoms with van der Waals surface area (Å²) < 4.78 is 5.86. The number of ether oxygens (including phenoxy) is 1. The number of para-hydroxylation sites is 1. The van der Waals surface area contributed by atoms with Crippen LogP contribution in [0.4, 0.5) is 5.69 Å². The van der Waals surface area contributed by atoms with Crippen LogP contribution in [0.15, 0.2) is 60.7 Å². The molecule has 5 heteroatoms. The number of carbonyl (C=O) groups excluding carboxylic acids is 1. The number of halogens is 1. The fourth-order valence-corrected chi connectivity index (χ4v) is 3.93. The second kappa shape index (κ2) is 8.11. The van der Waals surface area contributed by atoms with Gasteiger partial charge in [-0.15, -0.1) is 0 Å². The Morgan fingerprint density at radius 2 is 1.61 bits per heavy atom. The molecule has 0 bridgehead atoms. The van der Waals surface area contributed by atoms with Gasteiger partial charge in [0.1, 0.15) is 5.75 Å². The smallest absolute Gasteiger partial charge is 0.260 e. The number of nitrogens with zero attached hydrogens (tertiary/aromatic N) is 2. The van der Waals surface area contributed by atoms with E-state index in [0.29, 0.717) is 23.9 Å². The molecular formula is C23H23ClN2O2. The normalized spacial score (nSPS) is 14.4. The van der Waals surface area contributed by atoms with Crippen LogP contribution in [0, 0.1) is 6.92 Å². The van der Waals surface area contributed by atoms with Crippen LogP contribution in [0.3, 0.4) is 0 Å². The monoisotopic (exact) mass is 394 g/mol. The molecule has 1 aliphatic heterocycles. The molecule has 4 rings (SSSR count). The maximum absolute atomic E-state index is 12.6. The fraction of sp³-hybridized carbons (Fsp3) is 0.261. The molecule has 144 valence electrons. The van der Waals surface area contributed by atoms with Gasteiger partial charge in [-0.05, 0) is 30.7 Å². The van der Waals surface area contributed by atoms with E-state index < -0.39 is 0 Å². The van der Waals surface area contributed by atoms with Gasteiger partial charge >= 0.3 is 0 Å². The largest absolute Gasteiger partial charge is 0.483 e. The second-order valence-electron chi connectivity index (χ2n) is 7.03. The average molecular weight is 395 g/mol. The first kappa shape index (κ1) is 18.6. The predicted octanol–water partition coefficient (Wildman–Crippen LogP) is 4.53. The SMILES string of the molecule is Cc1ccccc1N1CCN(C(=O)COc2ccc(Cl)c3ccccc23)CC1. The van der Waals surface area contributed by atoms with Gasteiger partial charge in [0.05, 0.1) is 0 Å². The molecular weight excluding hydrogens is 372 g/mol. The first-order valence-electron chi connectivity index (χ1n) is 9.52. The van der Waals surface area contributed by atoms with E-state index in [-0.39, 0.29) is 12.5 Å². The molecule has 0 unspecified atom stereocenters. The van der Waals surface area contributed by atoms with Crippen LogP contribution in [0.2, 0.25) is 5.02 Å². The van der Waals surface area contributed by atoms with Crippen LogP contribution in [0.25, 0.3) is 10.8 Å². The van der Waals surface area contributed by atoms with Gasteiger partial charge in [-0.25, -0.2) is 0 Å². The third kappa shape index (κ3) is 3.78. The van der Waals surface area contributed by atoms with E-state index in [4.69, 9.17) is 16.3 Å². The molecule has 28 heavy (non-hydrogen) atoms. The highest BCUT2D eigenvalue weighted by atomic mass is 35.5. The molecule has 0 aliphatic carbocycles. The van der Waals surface area contributed by atoms with Gasteiger partial charge < -0.3 is 14.5 Å². The number of aryl methyl sites for hydroxylation is 1. The number of carbonyl (C=O) groups is 1. The topological polar surface area (TPSA) is 32.8 Å². The highest BCUT2D eigenvalue weighted by molar-refractivity contribution is 6.35. The highest BCUT2D eigenvalue weighted by Crippen LogP contribution is 2.31. The maximum Gasteiger partial charge on any atom is 0.260 e. The lowest BCUT2D eigenvalue weighted by atomic mass is 10.1. The van der Waals surface area contributed by atoms with Gasteiger partial charge in [0, 0.05) is 47.7 Å². The van der Waals surface area contributed by atoms with Crippen molar-refractivity contribution in [2.75, 3.05) is 37.7 Å². The van der Waals surface area contributed by atoms with E-state index in [9.17, 15) is 4.79 Å². The highest BCUT2D eigenvalue weighted by Gasteiger charge is 2.22. The Labute approximate surface area is 170 Å². The third-order valence-electron chi connectivity index (χ3n) is 5.27. The van der Waals surface area contributed by atoms with Crippen molar-refractivity contribution in [2.24, 2.45) is 0 Å². The number of anilines is 1. The molecule has 0 radical (unpaired) electrons. The van der Waals surface area contributed by atoms with Gasteiger partial charge in [-0.2, -0.15) is 0 Å². The Morgan fingerprint density at radius 1 is 0.929 bits per heavy atom. The number of rotatable bonds is 4. The summed E-state index contributed by atoms with van der Waals surface area (Å²) >= 11 is 6.25. The van der Waals surface area contributed by atoms with Crippen LogP contribution >= 0.6 is 11.6 Å². The zero-order chi connectivity index (χ0) is 19.5. The van der Waals surface area contributed by atoms with Crippen LogP contribution < -0.4 is 9.64 Å². The summed E-state index contributed by atoms with van der Waals surface area (Å²) in [6, 6.07) is 19.8. The first-order valence-corrected chi connectivity index (χ1v) is 9.89. The van der Waals surface area contributed by atoms with E-state index in [1.807, 2.05) is 41.3 Å². The Morgan fingerprint density at radius 3 is 2.36 bits per heavy atom. The van der Waals surface area contributed by atoms with Crippen molar-refractivity contribution in [3.05, 3.63) is 71.2 Å². The van der Waals surface area contributed by atoms with Crippen molar-refractivity contribution in [2.45, 2.75) is 6.92 Å². The average Bonchev–Trinajstić information content (AvgIpc) is 2.74. The van der Waals surface area contributed by atoms with Gasteiger partial charge in [0.25, 0.3) is 5.91 Å². The zero-order valence-electron chi connectivity index (χ0n) is 15.9. The lowest BCUT2D eigenvalue weighted by Crippen LogP contribution is -2.50. The molecule has 1 fully saturated rings. The summed E-state index contributed by atoms with van der Waals surface area (Å²) in [5, 5.41) is 2.54. The van der Waals surface area contributed by atoms with E-state index in [2.05, 4.69) is 36.1 Å². The predicted molar refractivity (Wildman–Crippen MR) is 114 cm³/mol. The fourth-order valence-electron chi connectivity index (χ4n) is 3.71. The molecule has 0 N–H and O–H groups in total. The van der Waals surface area contributed by atoms with Crippen LogP contribution in [0.5, 0.6) is 5.75 Å². The summed E-state index contributed by atoms with van der Waals surface area (Å²) in [4.78, 5) is 16.9. The minimum atomic E-state index is 0.0171. The number of fused-ring (bicyclic) bond motifs is 1. The Balaban J connectivity index is 1.37. The van der Waals surface area contributed by atoms with Gasteiger partial charge in [0.15, 0.2) is 6.61 Å². The molecule has 4 nitrogen and oxygen atoms in total. The zero-order valence-corrected chi connectivity index (χ0v) is 16.7. The van der Waals surface area contributed by atoms with Crippen LogP contribution in [-0.2, 0) is 4.79 Å². The summed E-state index contributed by atoms with van der Waals surface area (Å²) in [5.41, 5.74) is 2.51. The number of amides is 1. The Hall–Kier alpha value is -2.72. The van der Waals surface area contributed by atoms with Crippen LogP contribution in [0.1, 0.15) is 5.56 Å². The van der Waals surface area contributed by atoms with E-state index >= 15 is 0 Å².